The lowest BCUT2D eigenvalue weighted by molar-refractivity contribution is -0.384. The molecular weight excluding hydrogens is 364 g/mol. The first-order valence-corrected chi connectivity index (χ1v) is 7.95. The molecule has 3 N–H and O–H groups in total. The fraction of sp³-hybridized carbons (Fsp3) is 0.125. The van der Waals surface area contributed by atoms with E-state index in [2.05, 4.69) is 16.2 Å². The molecule has 0 atom stereocenters. The smallest absolute Gasteiger partial charge is 0.271 e. The van der Waals surface area contributed by atoms with Crippen LogP contribution in [0.15, 0.2) is 36.4 Å². The van der Waals surface area contributed by atoms with Gasteiger partial charge in [0.2, 0.25) is 0 Å². The van der Waals surface area contributed by atoms with Crippen molar-refractivity contribution in [2.75, 3.05) is 5.32 Å². The molecule has 9 heteroatoms. The Hall–Kier alpha value is -2.71. The minimum absolute atomic E-state index is 0.0421. The minimum Gasteiger partial charge on any atom is -0.330 e. The molecule has 2 aromatic rings. The maximum Gasteiger partial charge on any atom is 0.271 e. The largest absolute Gasteiger partial charge is 0.330 e. The highest BCUT2D eigenvalue weighted by Gasteiger charge is 2.12. The maximum atomic E-state index is 12.2. The average molecular weight is 379 g/mol. The summed E-state index contributed by atoms with van der Waals surface area (Å²) in [7, 11) is 0. The molecular formula is C16H15ClN4O3S. The number of amides is 1. The van der Waals surface area contributed by atoms with Gasteiger partial charge in [-0.2, -0.15) is 0 Å². The monoisotopic (exact) mass is 378 g/mol. The summed E-state index contributed by atoms with van der Waals surface area (Å²) in [5.41, 5.74) is 7.53. The van der Waals surface area contributed by atoms with Crippen LogP contribution < -0.4 is 16.2 Å². The van der Waals surface area contributed by atoms with Crippen molar-refractivity contribution in [1.29, 1.82) is 0 Å². The molecule has 0 spiro atoms. The molecule has 7 nitrogen and oxygen atoms in total. The van der Waals surface area contributed by atoms with Gasteiger partial charge in [0.25, 0.3) is 11.6 Å². The summed E-state index contributed by atoms with van der Waals surface area (Å²) < 4.78 is 0. The van der Waals surface area contributed by atoms with Crippen molar-refractivity contribution in [3.63, 3.8) is 0 Å². The number of aryl methyl sites for hydroxylation is 2. The lowest BCUT2D eigenvalue weighted by atomic mass is 10.1. The summed E-state index contributed by atoms with van der Waals surface area (Å²) in [6, 6.07) is 9.37. The molecule has 0 aliphatic carbocycles. The van der Waals surface area contributed by atoms with Crippen molar-refractivity contribution in [2.45, 2.75) is 13.8 Å². The zero-order chi connectivity index (χ0) is 18.6. The quantitative estimate of drug-likeness (QED) is 0.429. The number of carbonyl (C=O) groups excluding carboxylic acids is 1. The average Bonchev–Trinajstić information content (AvgIpc) is 2.54. The molecule has 0 heterocycles. The second-order valence-corrected chi connectivity index (χ2v) is 6.09. The highest BCUT2D eigenvalue weighted by atomic mass is 35.5. The number of non-ortho nitro benzene ring substituents is 1. The van der Waals surface area contributed by atoms with Crippen molar-refractivity contribution in [3.05, 3.63) is 68.2 Å². The Labute approximate surface area is 154 Å². The maximum absolute atomic E-state index is 12.2. The van der Waals surface area contributed by atoms with Crippen LogP contribution >= 0.6 is 23.8 Å². The lowest BCUT2D eigenvalue weighted by Gasteiger charge is -2.13. The Kier molecular flexibility index (Phi) is 5.89. The van der Waals surface area contributed by atoms with Crippen LogP contribution in [-0.2, 0) is 0 Å². The van der Waals surface area contributed by atoms with Gasteiger partial charge in [-0.05, 0) is 43.8 Å². The van der Waals surface area contributed by atoms with E-state index in [1.54, 1.807) is 6.07 Å². The number of halogens is 1. The normalized spacial score (nSPS) is 10.0. The van der Waals surface area contributed by atoms with Gasteiger partial charge >= 0.3 is 0 Å². The number of benzene rings is 2. The Morgan fingerprint density at radius 2 is 1.88 bits per heavy atom. The summed E-state index contributed by atoms with van der Waals surface area (Å²) in [6.45, 7) is 3.77. The molecule has 0 aromatic heterocycles. The van der Waals surface area contributed by atoms with E-state index >= 15 is 0 Å². The summed E-state index contributed by atoms with van der Waals surface area (Å²) >= 11 is 11.0. The van der Waals surface area contributed by atoms with Crippen LogP contribution in [0.3, 0.4) is 0 Å². The number of anilines is 1. The SMILES string of the molecule is Cc1ccc(C(=O)NNC(=S)Nc2cc([N+](=O)[O-])ccc2Cl)c(C)c1. The van der Waals surface area contributed by atoms with Gasteiger partial charge in [-0.3, -0.25) is 25.8 Å². The standard InChI is InChI=1S/C16H15ClN4O3S/c1-9-3-5-12(10(2)7-9)15(22)19-20-16(25)18-14-8-11(21(23)24)4-6-13(14)17/h3-8H,1-2H3,(H,19,22)(H2,18,20,25). The van der Waals surface area contributed by atoms with Crippen molar-refractivity contribution in [3.8, 4) is 0 Å². The first-order valence-electron chi connectivity index (χ1n) is 7.16. The third-order valence-corrected chi connectivity index (χ3v) is 3.86. The third kappa shape index (κ3) is 4.88. The van der Waals surface area contributed by atoms with Crippen molar-refractivity contribution in [2.24, 2.45) is 0 Å². The molecule has 2 rings (SSSR count). The van der Waals surface area contributed by atoms with Crippen molar-refractivity contribution < 1.29 is 9.72 Å². The molecule has 0 saturated heterocycles. The molecule has 25 heavy (non-hydrogen) atoms. The van der Waals surface area contributed by atoms with E-state index in [1.165, 1.54) is 18.2 Å². The van der Waals surface area contributed by atoms with E-state index in [4.69, 9.17) is 23.8 Å². The Bertz CT molecular complexity index is 857. The number of hydrogen-bond acceptors (Lipinski definition) is 4. The van der Waals surface area contributed by atoms with E-state index < -0.39 is 4.92 Å². The van der Waals surface area contributed by atoms with E-state index in [1.807, 2.05) is 26.0 Å². The predicted molar refractivity (Wildman–Crippen MR) is 101 cm³/mol. The molecule has 130 valence electrons. The zero-order valence-corrected chi connectivity index (χ0v) is 15.0. The molecule has 0 saturated carbocycles. The first kappa shape index (κ1) is 18.6. The van der Waals surface area contributed by atoms with Gasteiger partial charge in [-0.1, -0.05) is 29.3 Å². The van der Waals surface area contributed by atoms with Crippen LogP contribution in [0.1, 0.15) is 21.5 Å². The highest BCUT2D eigenvalue weighted by Crippen LogP contribution is 2.26. The topological polar surface area (TPSA) is 96.3 Å². The summed E-state index contributed by atoms with van der Waals surface area (Å²) in [5.74, 6) is -0.355. The second kappa shape index (κ2) is 7.91. The predicted octanol–water partition coefficient (Wildman–Crippen LogP) is 3.50. The third-order valence-electron chi connectivity index (χ3n) is 3.33. The van der Waals surface area contributed by atoms with E-state index in [0.29, 0.717) is 5.56 Å². The van der Waals surface area contributed by atoms with E-state index in [0.717, 1.165) is 11.1 Å². The summed E-state index contributed by atoms with van der Waals surface area (Å²) in [4.78, 5) is 22.4. The van der Waals surface area contributed by atoms with Crippen LogP contribution in [0.25, 0.3) is 0 Å². The fourth-order valence-corrected chi connectivity index (χ4v) is 2.45. The molecule has 0 aliphatic heterocycles. The molecule has 0 radical (unpaired) electrons. The summed E-state index contributed by atoms with van der Waals surface area (Å²) in [6.07, 6.45) is 0. The molecule has 1 amide bonds. The van der Waals surface area contributed by atoms with Crippen molar-refractivity contribution in [1.82, 2.24) is 10.9 Å². The molecule has 0 bridgehead atoms. The molecule has 0 unspecified atom stereocenters. The van der Waals surface area contributed by atoms with Crippen LogP contribution in [0.2, 0.25) is 5.02 Å². The molecule has 0 fully saturated rings. The van der Waals surface area contributed by atoms with Crippen LogP contribution in [-0.4, -0.2) is 15.9 Å². The van der Waals surface area contributed by atoms with Gasteiger partial charge in [-0.25, -0.2) is 0 Å². The van der Waals surface area contributed by atoms with E-state index in [9.17, 15) is 14.9 Å². The number of rotatable bonds is 3. The Morgan fingerprint density at radius 1 is 1.16 bits per heavy atom. The van der Waals surface area contributed by atoms with Gasteiger partial charge in [0.05, 0.1) is 15.6 Å². The van der Waals surface area contributed by atoms with Gasteiger partial charge in [-0.15, -0.1) is 0 Å². The number of thiocarbonyl (C=S) groups is 1. The number of hydrazine groups is 1. The first-order chi connectivity index (χ1) is 11.8. The zero-order valence-electron chi connectivity index (χ0n) is 13.4. The second-order valence-electron chi connectivity index (χ2n) is 5.27. The fourth-order valence-electron chi connectivity index (χ4n) is 2.13. The van der Waals surface area contributed by atoms with Gasteiger partial charge in [0.1, 0.15) is 0 Å². The lowest BCUT2D eigenvalue weighted by Crippen LogP contribution is -2.44. The number of nitrogens with one attached hydrogen (secondary N) is 3. The van der Waals surface area contributed by atoms with Crippen LogP contribution in [0.5, 0.6) is 0 Å². The minimum atomic E-state index is -0.542. The number of nitro benzene ring substituents is 1. The van der Waals surface area contributed by atoms with E-state index in [-0.39, 0.29) is 27.4 Å². The Balaban J connectivity index is 2.00. The molecule has 0 aliphatic rings. The summed E-state index contributed by atoms with van der Waals surface area (Å²) in [5, 5.41) is 13.8. The number of hydrogen-bond donors (Lipinski definition) is 3. The Morgan fingerprint density at radius 3 is 2.52 bits per heavy atom. The number of carbonyl (C=O) groups is 1. The highest BCUT2D eigenvalue weighted by molar-refractivity contribution is 7.80. The van der Waals surface area contributed by atoms with Crippen LogP contribution in [0, 0.1) is 24.0 Å². The number of nitro groups is 1. The van der Waals surface area contributed by atoms with Crippen molar-refractivity contribution >= 4 is 46.2 Å². The number of nitrogens with zero attached hydrogens (tertiary/aromatic N) is 1. The van der Waals surface area contributed by atoms with Crippen LogP contribution in [0.4, 0.5) is 11.4 Å². The van der Waals surface area contributed by atoms with Gasteiger partial charge in [0.15, 0.2) is 5.11 Å². The van der Waals surface area contributed by atoms with Gasteiger partial charge in [0, 0.05) is 17.7 Å². The van der Waals surface area contributed by atoms with Gasteiger partial charge < -0.3 is 5.32 Å². The molecule has 2 aromatic carbocycles.